The maximum absolute atomic E-state index is 12.2. The Labute approximate surface area is 161 Å². The van der Waals surface area contributed by atoms with Crippen LogP contribution in [0.1, 0.15) is 10.4 Å². The topological polar surface area (TPSA) is 103 Å². The standard InChI is InChI=1S/C20H19N3O5/c1-26-15-7-8-17(27-2)16(11-15)23-18(24)12-28-20(25)14-5-3-13(4-6-14)19-21-9-10-22-19/h3-11H,12H2,1-2H3,(H,21,22)(H,23,24). The summed E-state index contributed by atoms with van der Waals surface area (Å²) in [7, 11) is 3.01. The van der Waals surface area contributed by atoms with Gasteiger partial charge in [-0.1, -0.05) is 12.1 Å². The van der Waals surface area contributed by atoms with E-state index in [-0.39, 0.29) is 0 Å². The quantitative estimate of drug-likeness (QED) is 0.610. The van der Waals surface area contributed by atoms with Crippen LogP contribution in [0.5, 0.6) is 11.5 Å². The van der Waals surface area contributed by atoms with Crippen molar-refractivity contribution in [2.75, 3.05) is 26.1 Å². The minimum absolute atomic E-state index is 0.335. The molecule has 1 amide bonds. The second kappa shape index (κ2) is 8.72. The van der Waals surface area contributed by atoms with Crippen LogP contribution < -0.4 is 14.8 Å². The fraction of sp³-hybridized carbons (Fsp3) is 0.150. The Morgan fingerprint density at radius 2 is 1.86 bits per heavy atom. The lowest BCUT2D eigenvalue weighted by atomic mass is 10.1. The molecule has 0 fully saturated rings. The van der Waals surface area contributed by atoms with E-state index in [0.29, 0.717) is 28.6 Å². The zero-order chi connectivity index (χ0) is 19.9. The molecule has 0 atom stereocenters. The molecule has 0 saturated heterocycles. The van der Waals surface area contributed by atoms with Crippen LogP contribution in [-0.4, -0.2) is 42.7 Å². The van der Waals surface area contributed by atoms with E-state index in [1.807, 2.05) is 0 Å². The van der Waals surface area contributed by atoms with Crippen LogP contribution in [0, 0.1) is 0 Å². The van der Waals surface area contributed by atoms with Crippen LogP contribution in [0.15, 0.2) is 54.9 Å². The fourth-order valence-electron chi connectivity index (χ4n) is 2.50. The molecule has 3 rings (SSSR count). The highest BCUT2D eigenvalue weighted by Gasteiger charge is 2.13. The molecule has 2 aromatic carbocycles. The van der Waals surface area contributed by atoms with Crippen molar-refractivity contribution >= 4 is 17.6 Å². The van der Waals surface area contributed by atoms with Crippen molar-refractivity contribution in [3.63, 3.8) is 0 Å². The maximum Gasteiger partial charge on any atom is 0.338 e. The third kappa shape index (κ3) is 4.47. The smallest absolute Gasteiger partial charge is 0.338 e. The summed E-state index contributed by atoms with van der Waals surface area (Å²) in [6.07, 6.45) is 3.36. The van der Waals surface area contributed by atoms with Gasteiger partial charge in [0.05, 0.1) is 25.5 Å². The molecule has 0 unspecified atom stereocenters. The van der Waals surface area contributed by atoms with E-state index >= 15 is 0 Å². The number of aromatic amines is 1. The molecular formula is C20H19N3O5. The van der Waals surface area contributed by atoms with Gasteiger partial charge >= 0.3 is 5.97 Å². The number of amides is 1. The zero-order valence-corrected chi connectivity index (χ0v) is 15.4. The summed E-state index contributed by atoms with van der Waals surface area (Å²) in [5.41, 5.74) is 1.59. The highest BCUT2D eigenvalue weighted by Crippen LogP contribution is 2.28. The third-order valence-electron chi connectivity index (χ3n) is 3.91. The van der Waals surface area contributed by atoms with E-state index in [2.05, 4.69) is 15.3 Å². The van der Waals surface area contributed by atoms with E-state index in [0.717, 1.165) is 5.56 Å². The average molecular weight is 381 g/mol. The minimum Gasteiger partial charge on any atom is -0.497 e. The summed E-state index contributed by atoms with van der Waals surface area (Å²) < 4.78 is 15.4. The minimum atomic E-state index is -0.598. The SMILES string of the molecule is COc1ccc(OC)c(NC(=O)COC(=O)c2ccc(-c3ncc[nH]3)cc2)c1. The molecule has 1 aromatic heterocycles. The van der Waals surface area contributed by atoms with Crippen molar-refractivity contribution in [3.8, 4) is 22.9 Å². The number of imidazole rings is 1. The number of esters is 1. The Balaban J connectivity index is 1.58. The summed E-state index contributed by atoms with van der Waals surface area (Å²) in [6.45, 7) is -0.431. The Morgan fingerprint density at radius 1 is 1.07 bits per heavy atom. The Bertz CT molecular complexity index is 952. The van der Waals surface area contributed by atoms with Gasteiger partial charge in [0.2, 0.25) is 0 Å². The van der Waals surface area contributed by atoms with Crippen LogP contribution in [0.2, 0.25) is 0 Å². The monoisotopic (exact) mass is 381 g/mol. The number of rotatable bonds is 7. The number of nitrogens with one attached hydrogen (secondary N) is 2. The first-order chi connectivity index (χ1) is 13.6. The highest BCUT2D eigenvalue weighted by molar-refractivity contribution is 5.96. The van der Waals surface area contributed by atoms with E-state index in [9.17, 15) is 9.59 Å². The lowest BCUT2D eigenvalue weighted by Crippen LogP contribution is -2.21. The summed E-state index contributed by atoms with van der Waals surface area (Å²) in [6, 6.07) is 11.7. The second-order valence-corrected chi connectivity index (χ2v) is 5.71. The van der Waals surface area contributed by atoms with Gasteiger partial charge in [-0.25, -0.2) is 9.78 Å². The van der Waals surface area contributed by atoms with Crippen molar-refractivity contribution in [1.82, 2.24) is 9.97 Å². The largest absolute Gasteiger partial charge is 0.497 e. The van der Waals surface area contributed by atoms with Crippen LogP contribution in [0.25, 0.3) is 11.4 Å². The Kier molecular flexibility index (Phi) is 5.91. The molecule has 0 saturated carbocycles. The number of carbonyl (C=O) groups is 2. The number of H-pyrrole nitrogens is 1. The molecule has 0 bridgehead atoms. The first kappa shape index (κ1) is 19.0. The molecule has 2 N–H and O–H groups in total. The molecule has 8 nitrogen and oxygen atoms in total. The molecular weight excluding hydrogens is 362 g/mol. The number of carbonyl (C=O) groups excluding carboxylic acids is 2. The number of hydrogen-bond donors (Lipinski definition) is 2. The summed E-state index contributed by atoms with van der Waals surface area (Å²) in [5, 5.41) is 2.64. The number of nitrogens with zero attached hydrogens (tertiary/aromatic N) is 1. The lowest BCUT2D eigenvalue weighted by molar-refractivity contribution is -0.119. The maximum atomic E-state index is 12.2. The third-order valence-corrected chi connectivity index (χ3v) is 3.91. The van der Waals surface area contributed by atoms with Crippen LogP contribution in [0.4, 0.5) is 5.69 Å². The van der Waals surface area contributed by atoms with Gasteiger partial charge in [0, 0.05) is 24.0 Å². The van der Waals surface area contributed by atoms with E-state index < -0.39 is 18.5 Å². The molecule has 0 aliphatic heterocycles. The van der Waals surface area contributed by atoms with Gasteiger partial charge < -0.3 is 24.5 Å². The average Bonchev–Trinajstić information content (AvgIpc) is 3.27. The molecule has 0 radical (unpaired) electrons. The molecule has 144 valence electrons. The predicted molar refractivity (Wildman–Crippen MR) is 102 cm³/mol. The second-order valence-electron chi connectivity index (χ2n) is 5.71. The zero-order valence-electron chi connectivity index (χ0n) is 15.4. The van der Waals surface area contributed by atoms with Gasteiger partial charge in [0.15, 0.2) is 6.61 Å². The van der Waals surface area contributed by atoms with Crippen LogP contribution in [-0.2, 0) is 9.53 Å². The van der Waals surface area contributed by atoms with Gasteiger partial charge in [-0.05, 0) is 24.3 Å². The van der Waals surface area contributed by atoms with Crippen LogP contribution in [0.3, 0.4) is 0 Å². The lowest BCUT2D eigenvalue weighted by Gasteiger charge is -2.12. The van der Waals surface area contributed by atoms with E-state index in [4.69, 9.17) is 14.2 Å². The summed E-state index contributed by atoms with van der Waals surface area (Å²) in [4.78, 5) is 31.4. The summed E-state index contributed by atoms with van der Waals surface area (Å²) >= 11 is 0. The Morgan fingerprint density at radius 3 is 2.50 bits per heavy atom. The van der Waals surface area contributed by atoms with Gasteiger partial charge in [-0.2, -0.15) is 0 Å². The van der Waals surface area contributed by atoms with Gasteiger partial charge in [-0.15, -0.1) is 0 Å². The molecule has 0 aliphatic rings. The number of ether oxygens (including phenoxy) is 3. The first-order valence-electron chi connectivity index (χ1n) is 8.39. The first-order valence-corrected chi connectivity index (χ1v) is 8.39. The van der Waals surface area contributed by atoms with Crippen molar-refractivity contribution in [3.05, 3.63) is 60.4 Å². The van der Waals surface area contributed by atoms with Gasteiger partial charge in [0.1, 0.15) is 17.3 Å². The molecule has 8 heteroatoms. The van der Waals surface area contributed by atoms with Gasteiger partial charge in [0.25, 0.3) is 5.91 Å². The number of hydrogen-bond acceptors (Lipinski definition) is 6. The summed E-state index contributed by atoms with van der Waals surface area (Å²) in [5.74, 6) is 0.635. The Hall–Kier alpha value is -3.81. The number of benzene rings is 2. The fourth-order valence-corrected chi connectivity index (χ4v) is 2.50. The highest BCUT2D eigenvalue weighted by atomic mass is 16.5. The molecule has 0 spiro atoms. The molecule has 1 heterocycles. The van der Waals surface area contributed by atoms with Crippen molar-refractivity contribution in [2.45, 2.75) is 0 Å². The normalized spacial score (nSPS) is 10.2. The van der Waals surface area contributed by atoms with E-state index in [1.54, 1.807) is 54.9 Å². The number of aromatic nitrogens is 2. The number of anilines is 1. The van der Waals surface area contributed by atoms with Crippen molar-refractivity contribution in [1.29, 1.82) is 0 Å². The van der Waals surface area contributed by atoms with Crippen LogP contribution >= 0.6 is 0 Å². The van der Waals surface area contributed by atoms with Crippen molar-refractivity contribution in [2.24, 2.45) is 0 Å². The molecule has 28 heavy (non-hydrogen) atoms. The predicted octanol–water partition coefficient (Wildman–Crippen LogP) is 2.89. The van der Waals surface area contributed by atoms with Crippen molar-refractivity contribution < 1.29 is 23.8 Å². The van der Waals surface area contributed by atoms with E-state index in [1.165, 1.54) is 14.2 Å². The molecule has 3 aromatic rings. The van der Waals surface area contributed by atoms with Gasteiger partial charge in [-0.3, -0.25) is 4.79 Å². The number of methoxy groups -OCH3 is 2. The molecule has 0 aliphatic carbocycles.